The molecule has 0 saturated carbocycles. The Morgan fingerprint density at radius 3 is 2.86 bits per heavy atom. The fraction of sp³-hybridized carbons (Fsp3) is 0.600. The molecule has 0 aliphatic carbocycles. The molecule has 1 heterocycles. The van der Waals surface area contributed by atoms with Gasteiger partial charge in [-0.2, -0.15) is 0 Å². The Kier molecular flexibility index (Phi) is 6.50. The summed E-state index contributed by atoms with van der Waals surface area (Å²) in [4.78, 5) is 2.90. The lowest BCUT2D eigenvalue weighted by atomic mass is 10.0. The molecule has 1 aliphatic rings. The SMILES string of the molecule is CCO[C@@H]1CC[C@H](N=[N+]=[N-])[C@@H](COCc2ccccc2)O1. The van der Waals surface area contributed by atoms with Crippen molar-refractivity contribution in [2.24, 2.45) is 5.11 Å². The Bertz CT molecular complexity index is 462. The van der Waals surface area contributed by atoms with Crippen LogP contribution in [-0.4, -0.2) is 31.6 Å². The van der Waals surface area contributed by atoms with Crippen LogP contribution < -0.4 is 0 Å². The fourth-order valence-corrected chi connectivity index (χ4v) is 2.37. The summed E-state index contributed by atoms with van der Waals surface area (Å²) in [5, 5.41) is 3.81. The maximum atomic E-state index is 8.64. The van der Waals surface area contributed by atoms with Crippen molar-refractivity contribution in [3.63, 3.8) is 0 Å². The average molecular weight is 291 g/mol. The van der Waals surface area contributed by atoms with Gasteiger partial charge in [0.05, 0.1) is 25.4 Å². The van der Waals surface area contributed by atoms with Gasteiger partial charge >= 0.3 is 0 Å². The molecule has 0 spiro atoms. The van der Waals surface area contributed by atoms with E-state index in [1.807, 2.05) is 37.3 Å². The van der Waals surface area contributed by atoms with E-state index in [0.717, 1.165) is 18.4 Å². The summed E-state index contributed by atoms with van der Waals surface area (Å²) in [5.74, 6) is 0. The lowest BCUT2D eigenvalue weighted by Crippen LogP contribution is -2.41. The second kappa shape index (κ2) is 8.64. The van der Waals surface area contributed by atoms with Crippen LogP contribution in [0.15, 0.2) is 35.4 Å². The van der Waals surface area contributed by atoms with Crippen LogP contribution in [0.4, 0.5) is 0 Å². The number of nitrogens with zero attached hydrogens (tertiary/aromatic N) is 3. The van der Waals surface area contributed by atoms with Crippen LogP contribution in [0.1, 0.15) is 25.3 Å². The minimum Gasteiger partial charge on any atom is -0.374 e. The highest BCUT2D eigenvalue weighted by molar-refractivity contribution is 5.13. The molecule has 0 amide bonds. The summed E-state index contributed by atoms with van der Waals surface area (Å²) < 4.78 is 17.0. The maximum Gasteiger partial charge on any atom is 0.158 e. The lowest BCUT2D eigenvalue weighted by Gasteiger charge is -2.33. The predicted molar refractivity (Wildman–Crippen MR) is 78.6 cm³/mol. The monoisotopic (exact) mass is 291 g/mol. The summed E-state index contributed by atoms with van der Waals surface area (Å²) in [6.07, 6.45) is 1.02. The highest BCUT2D eigenvalue weighted by Crippen LogP contribution is 2.23. The molecule has 0 unspecified atom stereocenters. The minimum absolute atomic E-state index is 0.192. The maximum absolute atomic E-state index is 8.64. The van der Waals surface area contributed by atoms with E-state index in [-0.39, 0.29) is 18.4 Å². The van der Waals surface area contributed by atoms with Crippen molar-refractivity contribution in [3.8, 4) is 0 Å². The zero-order valence-corrected chi connectivity index (χ0v) is 12.2. The molecule has 6 heteroatoms. The molecule has 21 heavy (non-hydrogen) atoms. The largest absolute Gasteiger partial charge is 0.374 e. The molecule has 2 rings (SSSR count). The van der Waals surface area contributed by atoms with E-state index in [4.69, 9.17) is 19.7 Å². The van der Waals surface area contributed by atoms with E-state index in [2.05, 4.69) is 10.0 Å². The van der Waals surface area contributed by atoms with E-state index >= 15 is 0 Å². The van der Waals surface area contributed by atoms with Gasteiger partial charge in [0, 0.05) is 11.5 Å². The fourth-order valence-electron chi connectivity index (χ4n) is 2.37. The van der Waals surface area contributed by atoms with Crippen molar-refractivity contribution in [2.45, 2.75) is 44.8 Å². The topological polar surface area (TPSA) is 76.5 Å². The summed E-state index contributed by atoms with van der Waals surface area (Å²) in [5.41, 5.74) is 9.75. The molecule has 1 aliphatic heterocycles. The molecular formula is C15H21N3O3. The van der Waals surface area contributed by atoms with E-state index < -0.39 is 0 Å². The number of benzene rings is 1. The Morgan fingerprint density at radius 1 is 1.33 bits per heavy atom. The van der Waals surface area contributed by atoms with Crippen LogP contribution in [-0.2, 0) is 20.8 Å². The molecule has 1 aromatic carbocycles. The second-order valence-corrected chi connectivity index (χ2v) is 4.91. The van der Waals surface area contributed by atoms with Crippen molar-refractivity contribution in [1.82, 2.24) is 0 Å². The summed E-state index contributed by atoms with van der Waals surface area (Å²) >= 11 is 0. The third-order valence-electron chi connectivity index (χ3n) is 3.40. The minimum atomic E-state index is -0.255. The zero-order valence-electron chi connectivity index (χ0n) is 12.2. The van der Waals surface area contributed by atoms with Crippen LogP contribution in [0.5, 0.6) is 0 Å². The number of azide groups is 1. The first-order valence-corrected chi connectivity index (χ1v) is 7.26. The molecule has 114 valence electrons. The Morgan fingerprint density at radius 2 is 2.14 bits per heavy atom. The lowest BCUT2D eigenvalue weighted by molar-refractivity contribution is -0.208. The van der Waals surface area contributed by atoms with Gasteiger partial charge in [-0.1, -0.05) is 35.4 Å². The molecule has 1 fully saturated rings. The van der Waals surface area contributed by atoms with Gasteiger partial charge in [0.2, 0.25) is 0 Å². The van der Waals surface area contributed by atoms with Gasteiger partial charge in [-0.25, -0.2) is 0 Å². The summed E-state index contributed by atoms with van der Waals surface area (Å²) in [6.45, 7) is 3.45. The van der Waals surface area contributed by atoms with Gasteiger partial charge in [-0.05, 0) is 30.9 Å². The van der Waals surface area contributed by atoms with E-state index in [9.17, 15) is 0 Å². The molecule has 1 saturated heterocycles. The van der Waals surface area contributed by atoms with E-state index in [1.165, 1.54) is 0 Å². The van der Waals surface area contributed by atoms with Crippen molar-refractivity contribution < 1.29 is 14.2 Å². The standard InChI is InChI=1S/C15H21N3O3/c1-2-20-15-9-8-13(17-18-16)14(21-15)11-19-10-12-6-4-3-5-7-12/h3-7,13-15H,2,8-11H2,1H3/t13-,14+,15-/m0/s1. The van der Waals surface area contributed by atoms with E-state index in [1.54, 1.807) is 0 Å². The predicted octanol–water partition coefficient (Wildman–Crippen LogP) is 3.42. The van der Waals surface area contributed by atoms with Crippen molar-refractivity contribution in [3.05, 3.63) is 46.3 Å². The highest BCUT2D eigenvalue weighted by atomic mass is 16.7. The van der Waals surface area contributed by atoms with Crippen molar-refractivity contribution in [1.29, 1.82) is 0 Å². The van der Waals surface area contributed by atoms with Gasteiger partial charge in [-0.15, -0.1) is 0 Å². The smallest absolute Gasteiger partial charge is 0.158 e. The molecule has 1 aromatic rings. The van der Waals surface area contributed by atoms with Gasteiger partial charge in [0.25, 0.3) is 0 Å². The number of hydrogen-bond donors (Lipinski definition) is 0. The second-order valence-electron chi connectivity index (χ2n) is 4.91. The number of rotatable bonds is 7. The summed E-state index contributed by atoms with van der Waals surface area (Å²) in [7, 11) is 0. The first-order chi connectivity index (χ1) is 10.3. The van der Waals surface area contributed by atoms with Gasteiger partial charge < -0.3 is 14.2 Å². The van der Waals surface area contributed by atoms with Gasteiger partial charge in [0.1, 0.15) is 0 Å². The quantitative estimate of drug-likeness (QED) is 0.438. The normalized spacial score (nSPS) is 25.3. The Labute approximate surface area is 124 Å². The number of hydrogen-bond acceptors (Lipinski definition) is 4. The van der Waals surface area contributed by atoms with Gasteiger partial charge in [0.15, 0.2) is 6.29 Å². The summed E-state index contributed by atoms with van der Waals surface area (Å²) in [6, 6.07) is 9.75. The molecular weight excluding hydrogens is 270 g/mol. The molecule has 3 atom stereocenters. The molecule has 0 N–H and O–H groups in total. The van der Waals surface area contributed by atoms with Gasteiger partial charge in [-0.3, -0.25) is 0 Å². The molecule has 6 nitrogen and oxygen atoms in total. The van der Waals surface area contributed by atoms with Crippen LogP contribution in [0.2, 0.25) is 0 Å². The molecule has 0 bridgehead atoms. The van der Waals surface area contributed by atoms with Crippen molar-refractivity contribution >= 4 is 0 Å². The third-order valence-corrected chi connectivity index (χ3v) is 3.40. The average Bonchev–Trinajstić information content (AvgIpc) is 2.51. The van der Waals surface area contributed by atoms with Crippen molar-refractivity contribution in [2.75, 3.05) is 13.2 Å². The van der Waals surface area contributed by atoms with Crippen LogP contribution >= 0.6 is 0 Å². The first-order valence-electron chi connectivity index (χ1n) is 7.26. The molecule has 0 aromatic heterocycles. The van der Waals surface area contributed by atoms with Crippen LogP contribution in [0, 0.1) is 0 Å². The third kappa shape index (κ3) is 5.02. The highest BCUT2D eigenvalue weighted by Gasteiger charge is 2.31. The Hall–Kier alpha value is -1.59. The van der Waals surface area contributed by atoms with Crippen LogP contribution in [0.25, 0.3) is 10.4 Å². The van der Waals surface area contributed by atoms with E-state index in [0.29, 0.717) is 19.8 Å². The zero-order chi connectivity index (χ0) is 14.9. The number of ether oxygens (including phenoxy) is 3. The Balaban J connectivity index is 1.85. The first kappa shape index (κ1) is 15.8. The van der Waals surface area contributed by atoms with Crippen LogP contribution in [0.3, 0.4) is 0 Å². The molecule has 0 radical (unpaired) electrons.